The highest BCUT2D eigenvalue weighted by Crippen LogP contribution is 2.23. The topological polar surface area (TPSA) is 68.2 Å². The van der Waals surface area contributed by atoms with Crippen molar-refractivity contribution in [1.82, 2.24) is 15.0 Å². The Bertz CT molecular complexity index is 698. The Morgan fingerprint density at radius 1 is 1.33 bits per heavy atom. The van der Waals surface area contributed by atoms with E-state index in [1.165, 1.54) is 4.90 Å². The van der Waals surface area contributed by atoms with E-state index >= 15 is 0 Å². The number of rotatable bonds is 2. The first kappa shape index (κ1) is 13.8. The third-order valence-corrected chi connectivity index (χ3v) is 3.14. The Hall–Kier alpha value is -2.12. The Balaban J connectivity index is 2.00. The number of carbonyl (C=O) groups is 1. The summed E-state index contributed by atoms with van der Waals surface area (Å²) in [6, 6.07) is 4.94. The van der Waals surface area contributed by atoms with Crippen LogP contribution in [0.2, 0.25) is 5.28 Å². The van der Waals surface area contributed by atoms with Crippen molar-refractivity contribution in [2.24, 2.45) is 0 Å². The molecule has 0 radical (unpaired) electrons. The molecule has 6 nitrogen and oxygen atoms in total. The van der Waals surface area contributed by atoms with E-state index in [0.717, 1.165) is 6.20 Å². The van der Waals surface area contributed by atoms with E-state index in [4.69, 9.17) is 16.3 Å². The number of ether oxygens (including phenoxy) is 1. The number of amides is 1. The zero-order valence-electron chi connectivity index (χ0n) is 10.8. The first-order valence-corrected chi connectivity index (χ1v) is 6.56. The van der Waals surface area contributed by atoms with Gasteiger partial charge in [0.1, 0.15) is 18.1 Å². The van der Waals surface area contributed by atoms with Gasteiger partial charge in [0.15, 0.2) is 5.82 Å². The maximum absolute atomic E-state index is 13.8. The Kier molecular flexibility index (Phi) is 3.76. The quantitative estimate of drug-likeness (QED) is 0.790. The van der Waals surface area contributed by atoms with Gasteiger partial charge in [-0.05, 0) is 23.7 Å². The normalized spacial score (nSPS) is 15.3. The van der Waals surface area contributed by atoms with Gasteiger partial charge in [0.25, 0.3) is 5.91 Å². The number of halogens is 2. The van der Waals surface area contributed by atoms with Crippen LogP contribution in [0.25, 0.3) is 11.4 Å². The molecule has 1 aliphatic rings. The summed E-state index contributed by atoms with van der Waals surface area (Å²) in [6.07, 6.45) is 0.985. The molecule has 21 heavy (non-hydrogen) atoms. The van der Waals surface area contributed by atoms with Crippen molar-refractivity contribution < 1.29 is 13.9 Å². The highest BCUT2D eigenvalue weighted by molar-refractivity contribution is 6.28. The van der Waals surface area contributed by atoms with Gasteiger partial charge in [-0.15, -0.1) is 0 Å². The minimum atomic E-state index is -0.627. The molecule has 0 aromatic carbocycles. The van der Waals surface area contributed by atoms with Crippen LogP contribution in [0.5, 0.6) is 0 Å². The predicted molar refractivity (Wildman–Crippen MR) is 73.4 cm³/mol. The number of hydrogen-bond acceptors (Lipinski definition) is 5. The van der Waals surface area contributed by atoms with E-state index in [1.54, 1.807) is 18.2 Å². The van der Waals surface area contributed by atoms with E-state index in [0.29, 0.717) is 19.0 Å². The lowest BCUT2D eigenvalue weighted by Gasteiger charge is -2.26. The lowest BCUT2D eigenvalue weighted by atomic mass is 10.2. The second kappa shape index (κ2) is 5.71. The average Bonchev–Trinajstić information content (AvgIpc) is 2.50. The molecule has 0 N–H and O–H groups in total. The van der Waals surface area contributed by atoms with Crippen molar-refractivity contribution in [2.45, 2.75) is 0 Å². The van der Waals surface area contributed by atoms with Gasteiger partial charge in [0.2, 0.25) is 5.28 Å². The molecule has 1 fully saturated rings. The first-order valence-electron chi connectivity index (χ1n) is 6.19. The molecule has 0 saturated carbocycles. The molecule has 0 spiro atoms. The highest BCUT2D eigenvalue weighted by Gasteiger charge is 2.22. The standard InChI is InChI=1S/C13H10ClFN4O2/c14-13-16-6-8(15)12(18-13)9-2-1-3-10(17-9)19-4-5-21-7-11(19)20/h1-3,6H,4-5,7H2. The maximum Gasteiger partial charge on any atom is 0.254 e. The van der Waals surface area contributed by atoms with Crippen LogP contribution in [-0.2, 0) is 9.53 Å². The van der Waals surface area contributed by atoms with Gasteiger partial charge in [-0.3, -0.25) is 9.69 Å². The van der Waals surface area contributed by atoms with Gasteiger partial charge in [0.05, 0.1) is 25.0 Å². The monoisotopic (exact) mass is 308 g/mol. The van der Waals surface area contributed by atoms with E-state index in [2.05, 4.69) is 15.0 Å². The molecule has 2 aromatic rings. The third kappa shape index (κ3) is 2.84. The van der Waals surface area contributed by atoms with Gasteiger partial charge >= 0.3 is 0 Å². The smallest absolute Gasteiger partial charge is 0.254 e. The van der Waals surface area contributed by atoms with Crippen molar-refractivity contribution in [1.29, 1.82) is 0 Å². The van der Waals surface area contributed by atoms with E-state index < -0.39 is 5.82 Å². The second-order valence-corrected chi connectivity index (χ2v) is 4.65. The Morgan fingerprint density at radius 2 is 2.19 bits per heavy atom. The van der Waals surface area contributed by atoms with Crippen molar-refractivity contribution in [3.8, 4) is 11.4 Å². The molecule has 1 aliphatic heterocycles. The van der Waals surface area contributed by atoms with Gasteiger partial charge < -0.3 is 4.74 Å². The van der Waals surface area contributed by atoms with Crippen LogP contribution in [-0.4, -0.2) is 40.6 Å². The van der Waals surface area contributed by atoms with Crippen molar-refractivity contribution in [2.75, 3.05) is 24.7 Å². The zero-order chi connectivity index (χ0) is 14.8. The minimum Gasteiger partial charge on any atom is -0.370 e. The summed E-state index contributed by atoms with van der Waals surface area (Å²) in [5.41, 5.74) is 0.283. The summed E-state index contributed by atoms with van der Waals surface area (Å²) in [5.74, 6) is -0.389. The molecular formula is C13H10ClFN4O2. The summed E-state index contributed by atoms with van der Waals surface area (Å²) in [4.78, 5) is 25.0. The molecule has 108 valence electrons. The molecule has 0 bridgehead atoms. The van der Waals surface area contributed by atoms with Gasteiger partial charge in [-0.2, -0.15) is 0 Å². The van der Waals surface area contributed by atoms with Gasteiger partial charge in [-0.1, -0.05) is 6.07 Å². The number of pyridine rings is 1. The summed E-state index contributed by atoms with van der Waals surface area (Å²) >= 11 is 5.68. The SMILES string of the molecule is O=C1COCCN1c1cccc(-c2nc(Cl)ncc2F)n1. The number of morpholine rings is 1. The first-order chi connectivity index (χ1) is 10.1. The van der Waals surface area contributed by atoms with E-state index in [-0.39, 0.29) is 29.2 Å². The number of nitrogens with zero attached hydrogens (tertiary/aromatic N) is 4. The van der Waals surface area contributed by atoms with Crippen LogP contribution in [0.4, 0.5) is 10.2 Å². The summed E-state index contributed by atoms with van der Waals surface area (Å²) < 4.78 is 18.8. The number of aromatic nitrogens is 3. The fourth-order valence-corrected chi connectivity index (χ4v) is 2.12. The van der Waals surface area contributed by atoms with Gasteiger partial charge in [-0.25, -0.2) is 19.3 Å². The van der Waals surface area contributed by atoms with Crippen LogP contribution in [0.1, 0.15) is 0 Å². The Labute approximate surface area is 124 Å². The summed E-state index contributed by atoms with van der Waals surface area (Å²) in [5, 5.41) is -0.0685. The maximum atomic E-state index is 13.8. The molecule has 8 heteroatoms. The van der Waals surface area contributed by atoms with Crippen LogP contribution in [0, 0.1) is 5.82 Å². The van der Waals surface area contributed by atoms with E-state index in [1.807, 2.05) is 0 Å². The highest BCUT2D eigenvalue weighted by atomic mass is 35.5. The average molecular weight is 309 g/mol. The van der Waals surface area contributed by atoms with Gasteiger partial charge in [0, 0.05) is 0 Å². The molecule has 1 amide bonds. The summed E-state index contributed by atoms with van der Waals surface area (Å²) in [6.45, 7) is 0.854. The molecule has 0 unspecified atom stereocenters. The van der Waals surface area contributed by atoms with Crippen molar-refractivity contribution >= 4 is 23.3 Å². The zero-order valence-corrected chi connectivity index (χ0v) is 11.5. The van der Waals surface area contributed by atoms with Crippen molar-refractivity contribution in [3.63, 3.8) is 0 Å². The second-order valence-electron chi connectivity index (χ2n) is 4.31. The molecule has 3 rings (SSSR count). The van der Waals surface area contributed by atoms with Crippen molar-refractivity contribution in [3.05, 3.63) is 35.5 Å². The minimum absolute atomic E-state index is 0.00226. The molecule has 1 saturated heterocycles. The fourth-order valence-electron chi connectivity index (χ4n) is 1.99. The number of hydrogen-bond donors (Lipinski definition) is 0. The lowest BCUT2D eigenvalue weighted by Crippen LogP contribution is -2.42. The molecule has 3 heterocycles. The lowest BCUT2D eigenvalue weighted by molar-refractivity contribution is -0.125. The van der Waals surface area contributed by atoms with Crippen LogP contribution in [0.3, 0.4) is 0 Å². The molecule has 2 aromatic heterocycles. The van der Waals surface area contributed by atoms with Crippen LogP contribution >= 0.6 is 11.6 Å². The predicted octanol–water partition coefficient (Wildman–Crippen LogP) is 1.69. The largest absolute Gasteiger partial charge is 0.370 e. The van der Waals surface area contributed by atoms with Crippen LogP contribution < -0.4 is 4.90 Å². The molecule has 0 aliphatic carbocycles. The Morgan fingerprint density at radius 3 is 3.00 bits per heavy atom. The van der Waals surface area contributed by atoms with Crippen LogP contribution in [0.15, 0.2) is 24.4 Å². The molecular weight excluding hydrogens is 299 g/mol. The van der Waals surface area contributed by atoms with E-state index in [9.17, 15) is 9.18 Å². The number of anilines is 1. The summed E-state index contributed by atoms with van der Waals surface area (Å²) in [7, 11) is 0. The third-order valence-electron chi connectivity index (χ3n) is 2.95. The number of carbonyl (C=O) groups excluding carboxylic acids is 1. The fraction of sp³-hybridized carbons (Fsp3) is 0.231. The molecule has 0 atom stereocenters.